The van der Waals surface area contributed by atoms with Crippen LogP contribution >= 0.6 is 0 Å². The highest BCUT2D eigenvalue weighted by molar-refractivity contribution is 6.02. The third kappa shape index (κ3) is 4.64. The number of benzene rings is 3. The molecule has 0 spiro atoms. The Morgan fingerprint density at radius 1 is 1.09 bits per heavy atom. The van der Waals surface area contributed by atoms with E-state index in [1.165, 1.54) is 6.08 Å². The number of nitrogens with one attached hydrogen (secondary N) is 1. The first-order valence-electron chi connectivity index (χ1n) is 10.3. The summed E-state index contributed by atoms with van der Waals surface area (Å²) in [7, 11) is 1.59. The average molecular weight is 428 g/mol. The quantitative estimate of drug-likeness (QED) is 0.373. The Morgan fingerprint density at radius 2 is 1.94 bits per heavy atom. The highest BCUT2D eigenvalue weighted by Gasteiger charge is 2.11. The van der Waals surface area contributed by atoms with Gasteiger partial charge in [-0.25, -0.2) is 4.98 Å². The minimum atomic E-state index is -0.254. The smallest absolute Gasteiger partial charge is 0.248 e. The Kier molecular flexibility index (Phi) is 6.22. The lowest BCUT2D eigenvalue weighted by Crippen LogP contribution is -2.07. The standard InChI is InChI=1S/C26H24N2O4/c1-4-31-22-13-9-18(15-24(22)30-3)10-14-25(29)27-19-11-12-21-23(16-19)32-26(28-21)20-8-6-5-7-17(20)2/h5-16H,4H2,1-3H3,(H,27,29)/b14-10+. The molecule has 0 radical (unpaired) electrons. The van der Waals surface area contributed by atoms with Crippen molar-refractivity contribution in [2.75, 3.05) is 19.0 Å². The first-order valence-corrected chi connectivity index (χ1v) is 10.3. The Bertz CT molecular complexity index is 1290. The van der Waals surface area contributed by atoms with Gasteiger partial charge in [-0.2, -0.15) is 0 Å². The Balaban J connectivity index is 1.48. The maximum Gasteiger partial charge on any atom is 0.248 e. The number of oxazole rings is 1. The van der Waals surface area contributed by atoms with Gasteiger partial charge in [0.2, 0.25) is 11.8 Å². The van der Waals surface area contributed by atoms with Crippen molar-refractivity contribution in [2.24, 2.45) is 0 Å². The van der Waals surface area contributed by atoms with E-state index in [0.717, 1.165) is 22.2 Å². The molecule has 3 aromatic carbocycles. The molecule has 0 saturated heterocycles. The molecule has 1 heterocycles. The van der Waals surface area contributed by atoms with Gasteiger partial charge in [0.25, 0.3) is 0 Å². The van der Waals surface area contributed by atoms with E-state index in [2.05, 4.69) is 10.3 Å². The number of aryl methyl sites for hydroxylation is 1. The number of nitrogens with zero attached hydrogens (tertiary/aromatic N) is 1. The summed E-state index contributed by atoms with van der Waals surface area (Å²) in [5.74, 6) is 1.60. The lowest BCUT2D eigenvalue weighted by Gasteiger charge is -2.09. The molecule has 0 aliphatic carbocycles. The maximum atomic E-state index is 12.4. The zero-order chi connectivity index (χ0) is 22.5. The van der Waals surface area contributed by atoms with Gasteiger partial charge in [0.05, 0.1) is 13.7 Å². The third-order valence-electron chi connectivity index (χ3n) is 4.95. The van der Waals surface area contributed by atoms with E-state index in [4.69, 9.17) is 13.9 Å². The number of rotatable bonds is 7. The fraction of sp³-hybridized carbons (Fsp3) is 0.154. The number of fused-ring (bicyclic) bond motifs is 1. The summed E-state index contributed by atoms with van der Waals surface area (Å²) in [6, 6.07) is 18.8. The van der Waals surface area contributed by atoms with Crippen LogP contribution in [0.5, 0.6) is 11.5 Å². The minimum absolute atomic E-state index is 0.254. The summed E-state index contributed by atoms with van der Waals surface area (Å²) in [5.41, 5.74) is 4.84. The van der Waals surface area contributed by atoms with Crippen LogP contribution in [0, 0.1) is 6.92 Å². The number of hydrogen-bond donors (Lipinski definition) is 1. The molecular weight excluding hydrogens is 404 g/mol. The van der Waals surface area contributed by atoms with Crippen molar-refractivity contribution in [2.45, 2.75) is 13.8 Å². The number of ether oxygens (including phenoxy) is 2. The Labute approximate surface area is 186 Å². The van der Waals surface area contributed by atoms with Gasteiger partial charge in [0.15, 0.2) is 17.1 Å². The van der Waals surface area contributed by atoms with Crippen LogP contribution in [-0.4, -0.2) is 24.6 Å². The van der Waals surface area contributed by atoms with Crippen molar-refractivity contribution in [3.8, 4) is 23.0 Å². The van der Waals surface area contributed by atoms with E-state index < -0.39 is 0 Å². The molecule has 1 amide bonds. The van der Waals surface area contributed by atoms with Crippen molar-refractivity contribution < 1.29 is 18.7 Å². The van der Waals surface area contributed by atoms with Crippen LogP contribution in [0.4, 0.5) is 5.69 Å². The number of carbonyl (C=O) groups is 1. The zero-order valence-electron chi connectivity index (χ0n) is 18.2. The normalized spacial score (nSPS) is 11.1. The van der Waals surface area contributed by atoms with Crippen molar-refractivity contribution in [3.05, 3.63) is 77.9 Å². The summed E-state index contributed by atoms with van der Waals surface area (Å²) in [5, 5.41) is 2.86. The molecule has 0 aliphatic heterocycles. The zero-order valence-corrected chi connectivity index (χ0v) is 18.2. The van der Waals surface area contributed by atoms with Crippen LogP contribution in [0.2, 0.25) is 0 Å². The molecule has 4 aromatic rings. The van der Waals surface area contributed by atoms with E-state index in [0.29, 0.717) is 35.3 Å². The molecule has 6 nitrogen and oxygen atoms in total. The molecule has 0 unspecified atom stereocenters. The molecule has 0 atom stereocenters. The number of aromatic nitrogens is 1. The summed E-state index contributed by atoms with van der Waals surface area (Å²) < 4.78 is 16.8. The highest BCUT2D eigenvalue weighted by Crippen LogP contribution is 2.29. The monoisotopic (exact) mass is 428 g/mol. The third-order valence-corrected chi connectivity index (χ3v) is 4.95. The van der Waals surface area contributed by atoms with Crippen molar-refractivity contribution in [1.82, 2.24) is 4.98 Å². The molecule has 6 heteroatoms. The molecule has 0 saturated carbocycles. The first kappa shape index (κ1) is 21.2. The number of anilines is 1. The van der Waals surface area contributed by atoms with Crippen LogP contribution in [-0.2, 0) is 4.79 Å². The molecule has 0 fully saturated rings. The predicted molar refractivity (Wildman–Crippen MR) is 126 cm³/mol. The lowest BCUT2D eigenvalue weighted by molar-refractivity contribution is -0.111. The second kappa shape index (κ2) is 9.39. The van der Waals surface area contributed by atoms with Crippen molar-refractivity contribution in [1.29, 1.82) is 0 Å². The number of methoxy groups -OCH3 is 1. The maximum absolute atomic E-state index is 12.4. The van der Waals surface area contributed by atoms with Gasteiger partial charge in [-0.3, -0.25) is 4.79 Å². The largest absolute Gasteiger partial charge is 0.493 e. The molecule has 1 aromatic heterocycles. The SMILES string of the molecule is CCOc1ccc(/C=C/C(=O)Nc2ccc3nc(-c4ccccc4C)oc3c2)cc1OC. The van der Waals surface area contributed by atoms with Gasteiger partial charge in [-0.05, 0) is 61.4 Å². The molecule has 162 valence electrons. The van der Waals surface area contributed by atoms with Crippen molar-refractivity contribution >= 4 is 28.8 Å². The second-order valence-electron chi connectivity index (χ2n) is 7.18. The topological polar surface area (TPSA) is 73.6 Å². The second-order valence-corrected chi connectivity index (χ2v) is 7.18. The molecule has 1 N–H and O–H groups in total. The number of amides is 1. The molecule has 0 aliphatic rings. The molecule has 0 bridgehead atoms. The molecule has 4 rings (SSSR count). The fourth-order valence-electron chi connectivity index (χ4n) is 3.35. The Morgan fingerprint density at radius 3 is 2.72 bits per heavy atom. The van der Waals surface area contributed by atoms with E-state index in [1.54, 1.807) is 25.3 Å². The van der Waals surface area contributed by atoms with Gasteiger partial charge < -0.3 is 19.2 Å². The first-order chi connectivity index (χ1) is 15.6. The van der Waals surface area contributed by atoms with E-state index in [-0.39, 0.29) is 5.91 Å². The summed E-state index contributed by atoms with van der Waals surface area (Å²) in [6.45, 7) is 4.48. The Hall–Kier alpha value is -4.06. The molecular formula is C26H24N2O4. The van der Waals surface area contributed by atoms with Crippen LogP contribution < -0.4 is 14.8 Å². The van der Waals surface area contributed by atoms with E-state index >= 15 is 0 Å². The number of carbonyl (C=O) groups excluding carboxylic acids is 1. The van der Waals surface area contributed by atoms with Gasteiger partial charge in [-0.1, -0.05) is 24.3 Å². The summed E-state index contributed by atoms with van der Waals surface area (Å²) in [4.78, 5) is 17.0. The van der Waals surface area contributed by atoms with Gasteiger partial charge in [0, 0.05) is 23.4 Å². The lowest BCUT2D eigenvalue weighted by atomic mass is 10.1. The van der Waals surface area contributed by atoms with Crippen LogP contribution in [0.1, 0.15) is 18.1 Å². The summed E-state index contributed by atoms with van der Waals surface area (Å²) in [6.07, 6.45) is 3.19. The van der Waals surface area contributed by atoms with E-state index in [9.17, 15) is 4.79 Å². The number of hydrogen-bond acceptors (Lipinski definition) is 5. The molecule has 32 heavy (non-hydrogen) atoms. The van der Waals surface area contributed by atoms with Crippen molar-refractivity contribution in [3.63, 3.8) is 0 Å². The average Bonchev–Trinajstić information content (AvgIpc) is 3.22. The van der Waals surface area contributed by atoms with Crippen LogP contribution in [0.3, 0.4) is 0 Å². The predicted octanol–water partition coefficient (Wildman–Crippen LogP) is 5.86. The van der Waals surface area contributed by atoms with Gasteiger partial charge >= 0.3 is 0 Å². The van der Waals surface area contributed by atoms with E-state index in [1.807, 2.05) is 62.4 Å². The van der Waals surface area contributed by atoms with Crippen LogP contribution in [0.15, 0.2) is 71.2 Å². The van der Waals surface area contributed by atoms with Crippen LogP contribution in [0.25, 0.3) is 28.6 Å². The van der Waals surface area contributed by atoms with Gasteiger partial charge in [0.1, 0.15) is 5.52 Å². The fourth-order valence-corrected chi connectivity index (χ4v) is 3.35. The van der Waals surface area contributed by atoms with Gasteiger partial charge in [-0.15, -0.1) is 0 Å². The summed E-state index contributed by atoms with van der Waals surface area (Å²) >= 11 is 0. The minimum Gasteiger partial charge on any atom is -0.493 e. The highest BCUT2D eigenvalue weighted by atomic mass is 16.5.